The van der Waals surface area contributed by atoms with Crippen molar-refractivity contribution in [1.82, 2.24) is 15.1 Å². The Kier molecular flexibility index (Phi) is 3.24. The van der Waals surface area contributed by atoms with E-state index in [0.29, 0.717) is 0 Å². The van der Waals surface area contributed by atoms with Crippen molar-refractivity contribution in [2.75, 3.05) is 52.4 Å². The lowest BCUT2D eigenvalue weighted by molar-refractivity contribution is 0.132. The number of fused-ring (bicyclic) bond motifs is 1. The molecule has 0 amide bonds. The fourth-order valence-electron chi connectivity index (χ4n) is 3.63. The number of nitrogens with zero attached hydrogens (tertiary/aromatic N) is 2. The third kappa shape index (κ3) is 2.56. The van der Waals surface area contributed by atoms with E-state index in [1.165, 1.54) is 51.4 Å². The van der Waals surface area contributed by atoms with Crippen molar-refractivity contribution in [3.8, 4) is 0 Å². The van der Waals surface area contributed by atoms with E-state index in [2.05, 4.69) is 28.6 Å². The summed E-state index contributed by atoms with van der Waals surface area (Å²) in [5.41, 5.74) is 1.29. The predicted molar refractivity (Wildman–Crippen MR) is 71.0 cm³/mol. The summed E-state index contributed by atoms with van der Waals surface area (Å²) in [6.45, 7) is 16.1. The minimum Gasteiger partial charge on any atom is -0.316 e. The van der Waals surface area contributed by atoms with Crippen molar-refractivity contribution in [1.29, 1.82) is 0 Å². The molecule has 96 valence electrons. The first-order valence-electron chi connectivity index (χ1n) is 7.04. The van der Waals surface area contributed by atoms with Crippen molar-refractivity contribution in [3.05, 3.63) is 12.2 Å². The SMILES string of the molecule is C=C(C)CN1CCN(CC2[C@H]3CNC[C@@H]23)CC1. The number of piperidine rings is 1. The fourth-order valence-corrected chi connectivity index (χ4v) is 3.63. The zero-order chi connectivity index (χ0) is 11.8. The third-order valence-electron chi connectivity index (χ3n) is 4.70. The Balaban J connectivity index is 1.39. The van der Waals surface area contributed by atoms with Crippen LogP contribution >= 0.6 is 0 Å². The van der Waals surface area contributed by atoms with Gasteiger partial charge in [-0.2, -0.15) is 0 Å². The van der Waals surface area contributed by atoms with Gasteiger partial charge in [0.25, 0.3) is 0 Å². The molecule has 1 saturated carbocycles. The fraction of sp³-hybridized carbons (Fsp3) is 0.857. The highest BCUT2D eigenvalue weighted by Crippen LogP contribution is 2.48. The summed E-state index contributed by atoms with van der Waals surface area (Å²) in [5.74, 6) is 3.05. The molecule has 2 aliphatic heterocycles. The zero-order valence-electron chi connectivity index (χ0n) is 11.0. The van der Waals surface area contributed by atoms with Crippen LogP contribution in [0.3, 0.4) is 0 Å². The molecule has 0 bridgehead atoms. The first-order valence-corrected chi connectivity index (χ1v) is 7.04. The van der Waals surface area contributed by atoms with E-state index in [4.69, 9.17) is 0 Å². The number of hydrogen-bond acceptors (Lipinski definition) is 3. The molecular formula is C14H25N3. The molecule has 2 saturated heterocycles. The molecule has 17 heavy (non-hydrogen) atoms. The van der Waals surface area contributed by atoms with Crippen LogP contribution in [0, 0.1) is 17.8 Å². The predicted octanol–water partition coefficient (Wildman–Crippen LogP) is 0.646. The van der Waals surface area contributed by atoms with Crippen molar-refractivity contribution >= 4 is 0 Å². The van der Waals surface area contributed by atoms with Gasteiger partial charge in [0, 0.05) is 39.3 Å². The first-order chi connectivity index (χ1) is 8.24. The van der Waals surface area contributed by atoms with Gasteiger partial charge in [-0.3, -0.25) is 4.90 Å². The summed E-state index contributed by atoms with van der Waals surface area (Å²) in [7, 11) is 0. The van der Waals surface area contributed by atoms with E-state index in [9.17, 15) is 0 Å². The van der Waals surface area contributed by atoms with Gasteiger partial charge in [-0.1, -0.05) is 12.2 Å². The summed E-state index contributed by atoms with van der Waals surface area (Å²) in [6, 6.07) is 0. The molecule has 3 aliphatic rings. The highest BCUT2D eigenvalue weighted by molar-refractivity contribution is 5.05. The van der Waals surface area contributed by atoms with Crippen LogP contribution in [0.4, 0.5) is 0 Å². The number of piperazine rings is 1. The van der Waals surface area contributed by atoms with Gasteiger partial charge in [-0.15, -0.1) is 0 Å². The standard InChI is InChI=1S/C14H25N3/c1-11(2)9-16-3-5-17(6-4-16)10-14-12-7-15-8-13(12)14/h12-15H,1,3-10H2,2H3/t12-,13+,14?. The first kappa shape index (κ1) is 11.7. The number of hydrogen-bond donors (Lipinski definition) is 1. The Morgan fingerprint density at radius 3 is 2.29 bits per heavy atom. The molecule has 0 spiro atoms. The Labute approximate surface area is 105 Å². The quantitative estimate of drug-likeness (QED) is 0.722. The molecule has 3 atom stereocenters. The molecule has 3 nitrogen and oxygen atoms in total. The summed E-state index contributed by atoms with van der Waals surface area (Å²) < 4.78 is 0. The molecule has 3 rings (SSSR count). The maximum Gasteiger partial charge on any atom is 0.0188 e. The molecule has 1 unspecified atom stereocenters. The van der Waals surface area contributed by atoms with Crippen LogP contribution in [0.5, 0.6) is 0 Å². The van der Waals surface area contributed by atoms with Gasteiger partial charge in [-0.25, -0.2) is 0 Å². The van der Waals surface area contributed by atoms with Crippen LogP contribution in [-0.4, -0.2) is 62.2 Å². The van der Waals surface area contributed by atoms with E-state index < -0.39 is 0 Å². The lowest BCUT2D eigenvalue weighted by Crippen LogP contribution is -2.47. The second-order valence-corrected chi connectivity index (χ2v) is 6.18. The topological polar surface area (TPSA) is 18.5 Å². The smallest absolute Gasteiger partial charge is 0.0188 e. The van der Waals surface area contributed by atoms with Gasteiger partial charge < -0.3 is 10.2 Å². The monoisotopic (exact) mass is 235 g/mol. The summed E-state index contributed by atoms with van der Waals surface area (Å²) in [5, 5.41) is 3.48. The Hall–Kier alpha value is -0.380. The van der Waals surface area contributed by atoms with Crippen LogP contribution in [0.2, 0.25) is 0 Å². The molecule has 0 aromatic carbocycles. The van der Waals surface area contributed by atoms with Gasteiger partial charge in [0.1, 0.15) is 0 Å². The third-order valence-corrected chi connectivity index (χ3v) is 4.70. The molecule has 0 radical (unpaired) electrons. The minimum atomic E-state index is 1.02. The number of rotatable bonds is 4. The molecule has 0 aromatic heterocycles. The van der Waals surface area contributed by atoms with E-state index in [0.717, 1.165) is 24.3 Å². The molecule has 1 N–H and O–H groups in total. The maximum atomic E-state index is 4.00. The largest absolute Gasteiger partial charge is 0.316 e. The van der Waals surface area contributed by atoms with Gasteiger partial charge in [-0.05, 0) is 37.8 Å². The Morgan fingerprint density at radius 2 is 1.71 bits per heavy atom. The molecular weight excluding hydrogens is 210 g/mol. The van der Waals surface area contributed by atoms with E-state index in [-0.39, 0.29) is 0 Å². The van der Waals surface area contributed by atoms with Crippen LogP contribution < -0.4 is 5.32 Å². The van der Waals surface area contributed by atoms with E-state index in [1.54, 1.807) is 0 Å². The van der Waals surface area contributed by atoms with Crippen molar-refractivity contribution in [2.24, 2.45) is 17.8 Å². The van der Waals surface area contributed by atoms with Crippen LogP contribution in [0.15, 0.2) is 12.2 Å². The van der Waals surface area contributed by atoms with Crippen molar-refractivity contribution in [2.45, 2.75) is 6.92 Å². The zero-order valence-corrected chi connectivity index (χ0v) is 11.0. The summed E-state index contributed by atoms with van der Waals surface area (Å²) in [4.78, 5) is 5.21. The highest BCUT2D eigenvalue weighted by Gasteiger charge is 2.52. The van der Waals surface area contributed by atoms with Crippen molar-refractivity contribution < 1.29 is 0 Å². The average Bonchev–Trinajstić information content (AvgIpc) is 2.75. The van der Waals surface area contributed by atoms with Gasteiger partial charge in [0.2, 0.25) is 0 Å². The molecule has 2 heterocycles. The minimum absolute atomic E-state index is 1.02. The van der Waals surface area contributed by atoms with Crippen LogP contribution in [0.25, 0.3) is 0 Å². The Morgan fingerprint density at radius 1 is 1.12 bits per heavy atom. The summed E-state index contributed by atoms with van der Waals surface area (Å²) >= 11 is 0. The average molecular weight is 235 g/mol. The maximum absolute atomic E-state index is 4.00. The molecule has 3 fully saturated rings. The van der Waals surface area contributed by atoms with Crippen LogP contribution in [-0.2, 0) is 0 Å². The van der Waals surface area contributed by atoms with Gasteiger partial charge in [0.15, 0.2) is 0 Å². The molecule has 3 heteroatoms. The second-order valence-electron chi connectivity index (χ2n) is 6.18. The normalized spacial score (nSPS) is 38.1. The molecule has 1 aliphatic carbocycles. The van der Waals surface area contributed by atoms with Crippen molar-refractivity contribution in [3.63, 3.8) is 0 Å². The van der Waals surface area contributed by atoms with Gasteiger partial charge in [0.05, 0.1) is 0 Å². The van der Waals surface area contributed by atoms with E-state index >= 15 is 0 Å². The second kappa shape index (κ2) is 4.71. The lowest BCUT2D eigenvalue weighted by atomic mass is 10.2. The summed E-state index contributed by atoms with van der Waals surface area (Å²) in [6.07, 6.45) is 0. The molecule has 0 aromatic rings. The number of nitrogens with one attached hydrogen (secondary N) is 1. The van der Waals surface area contributed by atoms with Crippen LogP contribution in [0.1, 0.15) is 6.92 Å². The Bertz CT molecular complexity index is 284. The highest BCUT2D eigenvalue weighted by atomic mass is 15.3. The lowest BCUT2D eigenvalue weighted by Gasteiger charge is -2.35. The van der Waals surface area contributed by atoms with Gasteiger partial charge >= 0.3 is 0 Å². The van der Waals surface area contributed by atoms with E-state index in [1.807, 2.05) is 0 Å².